The molecule has 2 aliphatic rings. The van der Waals surface area contributed by atoms with Crippen LogP contribution in [0.25, 0.3) is 0 Å². The Labute approximate surface area is 151 Å². The molecule has 1 atom stereocenters. The fraction of sp³-hybridized carbons (Fsp3) is 0.529. The zero-order valence-electron chi connectivity index (χ0n) is 14.5. The number of rotatable bonds is 5. The molecule has 1 unspecified atom stereocenters. The first-order chi connectivity index (χ1) is 12.4. The van der Waals surface area contributed by atoms with E-state index in [4.69, 9.17) is 4.52 Å². The molecular weight excluding hydrogens is 359 g/mol. The average Bonchev–Trinajstić information content (AvgIpc) is 3.14. The molecule has 2 aliphatic heterocycles. The van der Waals surface area contributed by atoms with Crippen LogP contribution in [0, 0.1) is 5.82 Å². The first kappa shape index (κ1) is 17.6. The highest BCUT2D eigenvalue weighted by Crippen LogP contribution is 2.33. The molecule has 0 radical (unpaired) electrons. The van der Waals surface area contributed by atoms with E-state index in [-0.39, 0.29) is 17.7 Å². The molecule has 0 bridgehead atoms. The minimum absolute atomic E-state index is 0.0542. The lowest BCUT2D eigenvalue weighted by Gasteiger charge is -2.36. The molecule has 0 amide bonds. The first-order valence-corrected chi connectivity index (χ1v) is 10.3. The second kappa shape index (κ2) is 6.71. The summed E-state index contributed by atoms with van der Waals surface area (Å²) >= 11 is 0. The topological polar surface area (TPSA) is 79.5 Å². The van der Waals surface area contributed by atoms with Crippen LogP contribution in [0.1, 0.15) is 42.1 Å². The van der Waals surface area contributed by atoms with Gasteiger partial charge in [0.25, 0.3) is 0 Å². The van der Waals surface area contributed by atoms with Crippen LogP contribution in [0.15, 0.2) is 28.8 Å². The van der Waals surface area contributed by atoms with Crippen LogP contribution in [-0.2, 0) is 15.8 Å². The van der Waals surface area contributed by atoms with Crippen LogP contribution in [0.5, 0.6) is 0 Å². The Morgan fingerprint density at radius 1 is 1.35 bits per heavy atom. The van der Waals surface area contributed by atoms with E-state index in [1.165, 1.54) is 22.5 Å². The molecular formula is C17H21FN4O3S. The summed E-state index contributed by atoms with van der Waals surface area (Å²) in [6, 6.07) is 5.83. The van der Waals surface area contributed by atoms with Gasteiger partial charge < -0.3 is 4.52 Å². The standard InChI is InChI=1S/C17H21FN4O3S/c1-21-7-3-6-15(21)17-19-16(20-25-17)13-9-22(10-13)26(23,24)11-12-4-2-5-14(18)8-12/h2,4-5,8,13,15H,3,6-7,9-11H2,1H3. The van der Waals surface area contributed by atoms with Gasteiger partial charge >= 0.3 is 0 Å². The second-order valence-corrected chi connectivity index (χ2v) is 9.00. The Hall–Kier alpha value is -1.84. The van der Waals surface area contributed by atoms with Gasteiger partial charge in [0.2, 0.25) is 15.9 Å². The number of hydrogen-bond donors (Lipinski definition) is 0. The van der Waals surface area contributed by atoms with Crippen LogP contribution in [0.2, 0.25) is 0 Å². The number of likely N-dealkylation sites (tertiary alicyclic amines) is 1. The lowest BCUT2D eigenvalue weighted by atomic mass is 10.0. The number of aromatic nitrogens is 2. The minimum Gasteiger partial charge on any atom is -0.338 e. The third-order valence-corrected chi connectivity index (χ3v) is 6.89. The maximum Gasteiger partial charge on any atom is 0.243 e. The molecule has 1 aromatic carbocycles. The maximum atomic E-state index is 13.2. The Balaban J connectivity index is 1.38. The summed E-state index contributed by atoms with van der Waals surface area (Å²) in [4.78, 5) is 6.67. The van der Waals surface area contributed by atoms with E-state index < -0.39 is 15.8 Å². The van der Waals surface area contributed by atoms with Crippen molar-refractivity contribution < 1.29 is 17.3 Å². The third kappa shape index (κ3) is 3.38. The monoisotopic (exact) mass is 380 g/mol. The zero-order chi connectivity index (χ0) is 18.3. The van der Waals surface area contributed by atoms with E-state index in [1.54, 1.807) is 6.07 Å². The lowest BCUT2D eigenvalue weighted by Crippen LogP contribution is -2.49. The van der Waals surface area contributed by atoms with Crippen molar-refractivity contribution in [3.8, 4) is 0 Å². The Kier molecular flexibility index (Phi) is 4.54. The molecule has 4 rings (SSSR count). The molecule has 0 aliphatic carbocycles. The molecule has 9 heteroatoms. The van der Waals surface area contributed by atoms with E-state index in [0.29, 0.717) is 30.4 Å². The summed E-state index contributed by atoms with van der Waals surface area (Å²) in [5, 5.41) is 4.05. The summed E-state index contributed by atoms with van der Waals surface area (Å²) in [7, 11) is -1.45. The van der Waals surface area contributed by atoms with Crippen LogP contribution in [0.4, 0.5) is 4.39 Å². The van der Waals surface area contributed by atoms with Crippen molar-refractivity contribution in [1.29, 1.82) is 0 Å². The van der Waals surface area contributed by atoms with E-state index >= 15 is 0 Å². The molecule has 1 aromatic heterocycles. The number of nitrogens with zero attached hydrogens (tertiary/aromatic N) is 4. The molecule has 7 nitrogen and oxygen atoms in total. The maximum absolute atomic E-state index is 13.2. The largest absolute Gasteiger partial charge is 0.338 e. The fourth-order valence-electron chi connectivity index (χ4n) is 3.53. The van der Waals surface area contributed by atoms with Crippen molar-refractivity contribution >= 4 is 10.0 Å². The number of sulfonamides is 1. The van der Waals surface area contributed by atoms with Gasteiger partial charge in [0.05, 0.1) is 17.7 Å². The van der Waals surface area contributed by atoms with Gasteiger partial charge in [-0.15, -0.1) is 0 Å². The molecule has 26 heavy (non-hydrogen) atoms. The summed E-state index contributed by atoms with van der Waals surface area (Å²) in [6.07, 6.45) is 2.10. The van der Waals surface area contributed by atoms with E-state index in [2.05, 4.69) is 15.0 Å². The highest BCUT2D eigenvalue weighted by Gasteiger charge is 2.39. The predicted molar refractivity (Wildman–Crippen MR) is 92.2 cm³/mol. The summed E-state index contributed by atoms with van der Waals surface area (Å²) in [5.41, 5.74) is 0.444. The van der Waals surface area contributed by atoms with Crippen LogP contribution in [0.3, 0.4) is 0 Å². The smallest absolute Gasteiger partial charge is 0.243 e. The average molecular weight is 380 g/mol. The predicted octanol–water partition coefficient (Wildman–Crippen LogP) is 1.90. The fourth-order valence-corrected chi connectivity index (χ4v) is 5.13. The number of benzene rings is 1. The molecule has 140 valence electrons. The van der Waals surface area contributed by atoms with Gasteiger partial charge in [-0.1, -0.05) is 17.3 Å². The zero-order valence-corrected chi connectivity index (χ0v) is 15.3. The van der Waals surface area contributed by atoms with Crippen LogP contribution >= 0.6 is 0 Å². The van der Waals surface area contributed by atoms with Crippen molar-refractivity contribution in [1.82, 2.24) is 19.3 Å². The highest BCUT2D eigenvalue weighted by molar-refractivity contribution is 7.88. The Morgan fingerprint density at radius 2 is 2.15 bits per heavy atom. The van der Waals surface area contributed by atoms with E-state index in [9.17, 15) is 12.8 Å². The Morgan fingerprint density at radius 3 is 2.85 bits per heavy atom. The van der Waals surface area contributed by atoms with Crippen LogP contribution in [-0.4, -0.2) is 54.4 Å². The van der Waals surface area contributed by atoms with Gasteiger partial charge in [-0.25, -0.2) is 17.1 Å². The number of halogens is 1. The van der Waals surface area contributed by atoms with Gasteiger partial charge in [-0.2, -0.15) is 4.98 Å². The molecule has 3 heterocycles. The first-order valence-electron chi connectivity index (χ1n) is 8.68. The lowest BCUT2D eigenvalue weighted by molar-refractivity contribution is 0.236. The molecule has 0 spiro atoms. The van der Waals surface area contributed by atoms with Gasteiger partial charge in [-0.05, 0) is 44.1 Å². The third-order valence-electron chi connectivity index (χ3n) is 5.11. The molecule has 2 fully saturated rings. The molecule has 0 N–H and O–H groups in total. The van der Waals surface area contributed by atoms with Crippen LogP contribution < -0.4 is 0 Å². The normalized spacial score (nSPS) is 22.6. The number of hydrogen-bond acceptors (Lipinski definition) is 6. The van der Waals surface area contributed by atoms with Gasteiger partial charge in [0.15, 0.2) is 5.82 Å². The minimum atomic E-state index is -3.48. The van der Waals surface area contributed by atoms with Gasteiger partial charge in [0.1, 0.15) is 5.82 Å². The van der Waals surface area contributed by atoms with Gasteiger partial charge in [-0.3, -0.25) is 4.90 Å². The quantitative estimate of drug-likeness (QED) is 0.788. The SMILES string of the molecule is CN1CCCC1c1nc(C2CN(S(=O)(=O)Cc3cccc(F)c3)C2)no1. The van der Waals surface area contributed by atoms with Crippen molar-refractivity contribution in [2.45, 2.75) is 30.6 Å². The van der Waals surface area contributed by atoms with Crippen molar-refractivity contribution in [2.24, 2.45) is 0 Å². The van der Waals surface area contributed by atoms with Gasteiger partial charge in [0, 0.05) is 13.1 Å². The summed E-state index contributed by atoms with van der Waals surface area (Å²) < 4.78 is 44.9. The molecule has 0 saturated carbocycles. The molecule has 2 aromatic rings. The molecule has 2 saturated heterocycles. The van der Waals surface area contributed by atoms with Crippen molar-refractivity contribution in [2.75, 3.05) is 26.7 Å². The second-order valence-electron chi connectivity index (χ2n) is 7.03. The van der Waals surface area contributed by atoms with Crippen molar-refractivity contribution in [3.05, 3.63) is 47.4 Å². The summed E-state index contributed by atoms with van der Waals surface area (Å²) in [5.74, 6) is 0.484. The highest BCUT2D eigenvalue weighted by atomic mass is 32.2. The van der Waals surface area contributed by atoms with Crippen molar-refractivity contribution in [3.63, 3.8) is 0 Å². The van der Waals surface area contributed by atoms with E-state index in [1.807, 2.05) is 7.05 Å². The Bertz CT molecular complexity index is 895. The summed E-state index contributed by atoms with van der Waals surface area (Å²) in [6.45, 7) is 1.67. The van der Waals surface area contributed by atoms with E-state index in [0.717, 1.165) is 19.4 Å².